The number of carbonyl (C=O) groups excluding carboxylic acids is 2. The first-order valence-corrected chi connectivity index (χ1v) is 26.3. The van der Waals surface area contributed by atoms with Gasteiger partial charge in [-0.25, -0.2) is 4.98 Å². The van der Waals surface area contributed by atoms with E-state index in [2.05, 4.69) is 20.0 Å². The standard InChI is InChI=1S/C50H57N6O9PS2/c1-34(2)43(57)53-47-52-42-41(44(58)54-47)51-33-56(42)49(62-6)32-63-48(3,46(49)65-66(55-27-13-14-28-55)68-30-29-67-45(59)35-15-9-7-10-16-35)31-64-50(36-17-11-8-12-18-36,37-19-23-39(60-4)24-20-37)38-21-25-40(61-5)26-22-38/h7-12,15-26,33-34,46H,13-14,27-32H2,1-6H3,(H2,52,53,54,57,58)/t46?,48-,49+,66?/m1/s1. The fraction of sp³-hybridized carbons (Fsp3) is 0.380. The molecule has 15 nitrogen and oxygen atoms in total. The van der Waals surface area contributed by atoms with E-state index >= 15 is 0 Å². The van der Waals surface area contributed by atoms with Gasteiger partial charge >= 0.3 is 0 Å². The predicted octanol–water partition coefficient (Wildman–Crippen LogP) is 8.84. The second-order valence-corrected chi connectivity index (χ2v) is 21.7. The normalized spacial score (nSPS) is 20.2. The van der Waals surface area contributed by atoms with E-state index in [1.165, 1.54) is 18.1 Å². The van der Waals surface area contributed by atoms with E-state index < -0.39 is 36.1 Å². The van der Waals surface area contributed by atoms with Gasteiger partial charge in [0.2, 0.25) is 17.0 Å². The molecule has 1 amide bonds. The fourth-order valence-corrected chi connectivity index (χ4v) is 13.9. The molecule has 2 aliphatic rings. The highest BCUT2D eigenvalue weighted by molar-refractivity contribution is 8.53. The third kappa shape index (κ3) is 10.1. The number of methoxy groups -OCH3 is 3. The van der Waals surface area contributed by atoms with Crippen molar-refractivity contribution < 1.29 is 37.8 Å². The van der Waals surface area contributed by atoms with Crippen LogP contribution in [-0.4, -0.2) is 106 Å². The zero-order valence-electron chi connectivity index (χ0n) is 39.0. The smallest absolute Gasteiger partial charge is 0.280 e. The maximum atomic E-state index is 13.6. The summed E-state index contributed by atoms with van der Waals surface area (Å²) < 4.78 is 44.0. The molecule has 4 atom stereocenters. The SMILES string of the molecule is COc1ccc(C(OC[C@@]2(C)OC[C@@](OC)(n3cnc4c(=O)[nH]c(NC(=O)C(C)C)nc43)C2OP(SCCSC(=O)c2ccccc2)N2CCCC2)(c2ccccc2)c2ccc(OC)cc2)cc1. The minimum Gasteiger partial charge on any atom is -0.497 e. The van der Waals surface area contributed by atoms with Gasteiger partial charge in [-0.3, -0.25) is 33.9 Å². The van der Waals surface area contributed by atoms with Crippen LogP contribution in [-0.2, 0) is 34.9 Å². The number of aromatic nitrogens is 4. The highest BCUT2D eigenvalue weighted by atomic mass is 32.7. The molecule has 0 spiro atoms. The Morgan fingerprint density at radius 1 is 0.882 bits per heavy atom. The summed E-state index contributed by atoms with van der Waals surface area (Å²) >= 11 is 2.95. The highest BCUT2D eigenvalue weighted by Crippen LogP contribution is 2.60. The van der Waals surface area contributed by atoms with E-state index in [1.54, 1.807) is 51.1 Å². The second-order valence-electron chi connectivity index (χ2n) is 17.0. The average Bonchev–Trinajstić information content (AvgIpc) is 4.13. The quantitative estimate of drug-likeness (QED) is 0.0423. The van der Waals surface area contributed by atoms with Crippen molar-refractivity contribution in [3.05, 3.63) is 148 Å². The average molecular weight is 981 g/mol. The first kappa shape index (κ1) is 49.3. The number of nitrogens with zero attached hydrogens (tertiary/aromatic N) is 4. The van der Waals surface area contributed by atoms with Gasteiger partial charge in [-0.1, -0.05) is 122 Å². The molecule has 8 rings (SSSR count). The summed E-state index contributed by atoms with van der Waals surface area (Å²) in [5.41, 5.74) is -1.04. The largest absolute Gasteiger partial charge is 0.497 e. The molecule has 4 aromatic carbocycles. The number of aromatic amines is 1. The van der Waals surface area contributed by atoms with Crippen LogP contribution in [0.25, 0.3) is 11.2 Å². The summed E-state index contributed by atoms with van der Waals surface area (Å²) in [6.45, 7) is 7.03. The Labute approximate surface area is 405 Å². The van der Waals surface area contributed by atoms with E-state index in [1.807, 2.05) is 116 Å². The molecule has 0 radical (unpaired) electrons. The molecule has 2 aromatic heterocycles. The number of hydrogen-bond acceptors (Lipinski definition) is 14. The van der Waals surface area contributed by atoms with Crippen molar-refractivity contribution in [1.82, 2.24) is 24.2 Å². The van der Waals surface area contributed by atoms with Crippen molar-refractivity contribution in [2.75, 3.05) is 64.5 Å². The minimum atomic E-state index is -1.47. The van der Waals surface area contributed by atoms with Crippen LogP contribution in [0.2, 0.25) is 0 Å². The molecule has 2 fully saturated rings. The van der Waals surface area contributed by atoms with Crippen molar-refractivity contribution >= 4 is 58.8 Å². The summed E-state index contributed by atoms with van der Waals surface area (Å²) in [6.07, 6.45) is 2.60. The van der Waals surface area contributed by atoms with Crippen LogP contribution >= 0.6 is 30.6 Å². The predicted molar refractivity (Wildman–Crippen MR) is 268 cm³/mol. The molecular weight excluding hydrogens is 924 g/mol. The lowest BCUT2D eigenvalue weighted by atomic mass is 9.79. The molecule has 0 aliphatic carbocycles. The van der Waals surface area contributed by atoms with Crippen molar-refractivity contribution in [1.29, 1.82) is 0 Å². The summed E-state index contributed by atoms with van der Waals surface area (Å²) in [5.74, 6) is 1.86. The number of nitrogens with one attached hydrogen (secondary N) is 2. The number of rotatable bonds is 20. The Kier molecular flexibility index (Phi) is 15.7. The lowest BCUT2D eigenvalue weighted by Crippen LogP contribution is -2.55. The number of fused-ring (bicyclic) bond motifs is 1. The molecule has 0 bridgehead atoms. The molecule has 4 heterocycles. The Morgan fingerprint density at radius 3 is 2.07 bits per heavy atom. The van der Waals surface area contributed by atoms with Gasteiger partial charge in [-0.15, -0.1) is 0 Å². The molecular formula is C50H57N6O9PS2. The van der Waals surface area contributed by atoms with Gasteiger partial charge < -0.3 is 28.2 Å². The molecule has 68 heavy (non-hydrogen) atoms. The summed E-state index contributed by atoms with van der Waals surface area (Å²) in [5, 5.41) is 2.75. The number of benzene rings is 4. The van der Waals surface area contributed by atoms with E-state index in [0.29, 0.717) is 28.6 Å². The van der Waals surface area contributed by atoms with Gasteiger partial charge in [0, 0.05) is 43.2 Å². The Balaban J connectivity index is 1.23. The zero-order chi connectivity index (χ0) is 47.9. The van der Waals surface area contributed by atoms with E-state index in [9.17, 15) is 14.4 Å². The second kappa shape index (κ2) is 21.7. The molecule has 358 valence electrons. The zero-order valence-corrected chi connectivity index (χ0v) is 41.5. The number of H-pyrrole nitrogens is 1. The summed E-state index contributed by atoms with van der Waals surface area (Å²) in [6, 6.07) is 35.0. The van der Waals surface area contributed by atoms with E-state index in [0.717, 1.165) is 42.6 Å². The van der Waals surface area contributed by atoms with Crippen LogP contribution in [0.5, 0.6) is 11.5 Å². The third-order valence-corrected chi connectivity index (χ3v) is 17.5. The lowest BCUT2D eigenvalue weighted by Gasteiger charge is -2.43. The van der Waals surface area contributed by atoms with Crippen molar-refractivity contribution in [2.24, 2.45) is 5.92 Å². The Morgan fingerprint density at radius 2 is 1.49 bits per heavy atom. The van der Waals surface area contributed by atoms with Gasteiger partial charge in [0.15, 0.2) is 24.4 Å². The molecule has 6 aromatic rings. The van der Waals surface area contributed by atoms with Crippen LogP contribution in [0.1, 0.15) is 60.7 Å². The van der Waals surface area contributed by atoms with Crippen LogP contribution in [0.15, 0.2) is 120 Å². The van der Waals surface area contributed by atoms with Gasteiger partial charge in [-0.05, 0) is 60.7 Å². The monoisotopic (exact) mass is 980 g/mol. The number of thioether (sulfide) groups is 1. The molecule has 0 saturated carbocycles. The highest BCUT2D eigenvalue weighted by Gasteiger charge is 2.62. The Bertz CT molecular complexity index is 2660. The van der Waals surface area contributed by atoms with Crippen molar-refractivity contribution in [3.63, 3.8) is 0 Å². The van der Waals surface area contributed by atoms with Crippen molar-refractivity contribution in [2.45, 2.75) is 56.6 Å². The minimum absolute atomic E-state index is 0.0129. The molecule has 2 saturated heterocycles. The molecule has 2 unspecified atom stereocenters. The summed E-state index contributed by atoms with van der Waals surface area (Å²) in [4.78, 5) is 51.6. The van der Waals surface area contributed by atoms with Gasteiger partial charge in [0.1, 0.15) is 28.8 Å². The number of anilines is 1. The lowest BCUT2D eigenvalue weighted by molar-refractivity contribution is -0.147. The topological polar surface area (TPSA) is 168 Å². The number of amides is 1. The van der Waals surface area contributed by atoms with Crippen LogP contribution in [0, 0.1) is 5.92 Å². The number of ether oxygens (including phenoxy) is 5. The molecule has 2 N–H and O–H groups in total. The maximum absolute atomic E-state index is 13.6. The van der Waals surface area contributed by atoms with Gasteiger partial charge in [0.05, 0.1) is 33.8 Å². The van der Waals surface area contributed by atoms with Gasteiger partial charge in [-0.2, -0.15) is 4.98 Å². The van der Waals surface area contributed by atoms with Crippen LogP contribution < -0.4 is 20.3 Å². The Hall–Kier alpha value is -5.10. The third-order valence-electron chi connectivity index (χ3n) is 12.3. The van der Waals surface area contributed by atoms with E-state index in [4.69, 9.17) is 33.2 Å². The maximum Gasteiger partial charge on any atom is 0.280 e. The molecule has 2 aliphatic heterocycles. The van der Waals surface area contributed by atoms with Gasteiger partial charge in [0.25, 0.3) is 5.56 Å². The fourth-order valence-electron chi connectivity index (χ4n) is 8.54. The van der Waals surface area contributed by atoms with Crippen LogP contribution in [0.3, 0.4) is 0 Å². The number of imidazole rings is 1. The van der Waals surface area contributed by atoms with Crippen LogP contribution in [0.4, 0.5) is 5.95 Å². The summed E-state index contributed by atoms with van der Waals surface area (Å²) in [7, 11) is 3.44. The van der Waals surface area contributed by atoms with Crippen molar-refractivity contribution in [3.8, 4) is 11.5 Å². The number of carbonyl (C=O) groups is 2. The molecule has 18 heteroatoms. The number of hydrogen-bond donors (Lipinski definition) is 2. The first-order valence-electron chi connectivity index (χ1n) is 22.5. The van der Waals surface area contributed by atoms with E-state index in [-0.39, 0.29) is 47.3 Å². The first-order chi connectivity index (χ1) is 32.9.